The summed E-state index contributed by atoms with van der Waals surface area (Å²) in [5.41, 5.74) is -1.22. The molecule has 10 nitrogen and oxygen atoms in total. The zero-order valence-corrected chi connectivity index (χ0v) is 26.6. The van der Waals surface area contributed by atoms with Gasteiger partial charge < -0.3 is 28.6 Å². The molecule has 3 aliphatic rings. The summed E-state index contributed by atoms with van der Waals surface area (Å²) < 4.78 is 24.0. The second-order valence-electron chi connectivity index (χ2n) is 12.9. The number of fused-ring (bicyclic) bond motifs is 4. The van der Waals surface area contributed by atoms with Gasteiger partial charge in [-0.15, -0.1) is 0 Å². The van der Waals surface area contributed by atoms with E-state index in [1.807, 2.05) is 45.0 Å². The smallest absolute Gasteiger partial charge is 0.303 e. The van der Waals surface area contributed by atoms with Gasteiger partial charge in [0.15, 0.2) is 16.8 Å². The number of ketones is 2. The van der Waals surface area contributed by atoms with Crippen molar-refractivity contribution in [1.82, 2.24) is 4.90 Å². The Hall–Kier alpha value is -4.12. The number of nitrogens with zero attached hydrogens (tertiary/aromatic N) is 1. The Morgan fingerprint density at radius 2 is 1.80 bits per heavy atom. The molecule has 3 heterocycles. The predicted octanol–water partition coefficient (Wildman–Crippen LogP) is 4.87. The summed E-state index contributed by atoms with van der Waals surface area (Å²) in [6, 6.07) is 6.03. The van der Waals surface area contributed by atoms with Crippen LogP contribution in [0.4, 0.5) is 0 Å². The monoisotopic (exact) mass is 615 g/mol. The predicted molar refractivity (Wildman–Crippen MR) is 165 cm³/mol. The number of hydrogen-bond acceptors (Lipinski definition) is 10. The molecule has 10 heteroatoms. The Morgan fingerprint density at radius 1 is 1.09 bits per heavy atom. The van der Waals surface area contributed by atoms with Crippen LogP contribution in [-0.4, -0.2) is 65.5 Å². The zero-order valence-electron chi connectivity index (χ0n) is 26.6. The number of allylic oxidation sites excluding steroid dienone is 1. The molecular weight excluding hydrogens is 578 g/mol. The number of benzene rings is 2. The van der Waals surface area contributed by atoms with Gasteiger partial charge in [-0.3, -0.25) is 19.2 Å². The van der Waals surface area contributed by atoms with Crippen LogP contribution in [0.3, 0.4) is 0 Å². The lowest BCUT2D eigenvalue weighted by Crippen LogP contribution is -2.61. The maximum absolute atomic E-state index is 14.3. The number of aryl methyl sites for hydroxylation is 1. The van der Waals surface area contributed by atoms with E-state index in [0.29, 0.717) is 17.5 Å². The molecule has 1 aromatic heterocycles. The number of epoxide rings is 1. The van der Waals surface area contributed by atoms with Gasteiger partial charge in [-0.25, -0.2) is 0 Å². The molecule has 2 fully saturated rings. The highest BCUT2D eigenvalue weighted by molar-refractivity contribution is 6.32. The molecule has 6 atom stereocenters. The largest absolute Gasteiger partial charge is 0.507 e. The van der Waals surface area contributed by atoms with E-state index in [0.717, 1.165) is 0 Å². The van der Waals surface area contributed by atoms with Gasteiger partial charge in [-0.05, 0) is 72.8 Å². The standard InChI is InChI=1S/C35H37NO9/c1-9-10-24-35(6,45-24)25-14-22(38)26-16(2)13-21-28(32(26)44-25)31(41)27-20(29(21)39)12-11-19(30(27)40)23-15-34(5,36(7)8)33(17(3)42-23)43-18(4)37/h9-14,17,23-24,33,40H,15H2,1-8H3/t17-,23-,24-,33-,34+,35+/m1/s1. The fourth-order valence-corrected chi connectivity index (χ4v) is 6.95. The highest BCUT2D eigenvalue weighted by atomic mass is 16.6. The Morgan fingerprint density at radius 3 is 2.44 bits per heavy atom. The molecule has 2 saturated heterocycles. The summed E-state index contributed by atoms with van der Waals surface area (Å²) >= 11 is 0. The maximum Gasteiger partial charge on any atom is 0.303 e. The van der Waals surface area contributed by atoms with Crippen molar-refractivity contribution in [2.75, 3.05) is 14.1 Å². The fraction of sp³-hybridized carbons (Fsp3) is 0.429. The maximum atomic E-state index is 14.3. The topological polar surface area (TPSA) is 136 Å². The Labute approximate surface area is 260 Å². The minimum atomic E-state index is -0.899. The number of esters is 1. The van der Waals surface area contributed by atoms with E-state index in [1.165, 1.54) is 25.1 Å². The van der Waals surface area contributed by atoms with Crippen LogP contribution in [0.2, 0.25) is 0 Å². The Balaban J connectivity index is 1.48. The molecule has 2 aromatic carbocycles. The van der Waals surface area contributed by atoms with Gasteiger partial charge in [0.1, 0.15) is 29.3 Å². The van der Waals surface area contributed by atoms with Crippen LogP contribution in [0.5, 0.6) is 5.75 Å². The lowest BCUT2D eigenvalue weighted by atomic mass is 9.77. The van der Waals surface area contributed by atoms with Gasteiger partial charge in [0.25, 0.3) is 0 Å². The lowest BCUT2D eigenvalue weighted by molar-refractivity contribution is -0.201. The van der Waals surface area contributed by atoms with Gasteiger partial charge >= 0.3 is 5.97 Å². The van der Waals surface area contributed by atoms with Gasteiger partial charge in [-0.1, -0.05) is 18.2 Å². The van der Waals surface area contributed by atoms with Crippen molar-refractivity contribution < 1.29 is 38.1 Å². The zero-order chi connectivity index (χ0) is 32.7. The highest BCUT2D eigenvalue weighted by Gasteiger charge is 2.55. The van der Waals surface area contributed by atoms with Crippen molar-refractivity contribution in [3.05, 3.63) is 85.8 Å². The van der Waals surface area contributed by atoms with Gasteiger partial charge in [0, 0.05) is 29.7 Å². The third kappa shape index (κ3) is 4.57. The average Bonchev–Trinajstić information content (AvgIpc) is 3.63. The molecule has 0 spiro atoms. The second kappa shape index (κ2) is 10.5. The first-order valence-corrected chi connectivity index (χ1v) is 15.0. The van der Waals surface area contributed by atoms with Crippen molar-refractivity contribution in [2.45, 2.75) is 83.5 Å². The van der Waals surface area contributed by atoms with Crippen LogP contribution < -0.4 is 5.43 Å². The summed E-state index contributed by atoms with van der Waals surface area (Å²) in [5, 5.41) is 11.9. The number of rotatable bonds is 5. The first kappa shape index (κ1) is 30.9. The number of aromatic hydroxyl groups is 1. The minimum absolute atomic E-state index is 0.01000. The van der Waals surface area contributed by atoms with Gasteiger partial charge in [-0.2, -0.15) is 0 Å². The molecule has 0 bridgehead atoms. The van der Waals surface area contributed by atoms with Crippen LogP contribution in [-0.2, 0) is 24.6 Å². The number of phenolic OH excluding ortho intramolecular Hbond substituents is 1. The highest BCUT2D eigenvalue weighted by Crippen LogP contribution is 2.49. The minimum Gasteiger partial charge on any atom is -0.507 e. The van der Waals surface area contributed by atoms with Crippen molar-refractivity contribution in [3.63, 3.8) is 0 Å². The van der Waals surface area contributed by atoms with Crippen molar-refractivity contribution >= 4 is 28.5 Å². The van der Waals surface area contributed by atoms with Crippen molar-refractivity contribution in [2.24, 2.45) is 0 Å². The molecule has 2 aliphatic heterocycles. The first-order chi connectivity index (χ1) is 21.1. The Bertz CT molecular complexity index is 1890. The number of likely N-dealkylation sites (N-methyl/N-ethyl adjacent to an activating group) is 1. The van der Waals surface area contributed by atoms with E-state index in [2.05, 4.69) is 0 Å². The Kier molecular flexibility index (Phi) is 7.19. The van der Waals surface area contributed by atoms with E-state index in [1.54, 1.807) is 26.8 Å². The summed E-state index contributed by atoms with van der Waals surface area (Å²) in [4.78, 5) is 55.5. The molecular formula is C35H37NO9. The van der Waals surface area contributed by atoms with E-state index >= 15 is 0 Å². The molecule has 236 valence electrons. The number of carbonyl (C=O) groups is 3. The summed E-state index contributed by atoms with van der Waals surface area (Å²) in [6.07, 6.45) is 1.88. The molecule has 0 saturated carbocycles. The SMILES string of the molecule is CC=C[C@H]1O[C@]1(C)c1cc(=O)c2c(C)cc3c(c2o1)C(=O)c1c(ccc([C@H]2C[C@](C)(N(C)C)[C@H](OC(C)=O)[C@@H](C)O2)c1O)C3=O. The van der Waals surface area contributed by atoms with E-state index in [9.17, 15) is 24.3 Å². The van der Waals surface area contributed by atoms with Gasteiger partial charge in [0.05, 0.1) is 34.3 Å². The summed E-state index contributed by atoms with van der Waals surface area (Å²) in [5.74, 6) is -1.66. The van der Waals surface area contributed by atoms with Crippen LogP contribution >= 0.6 is 0 Å². The third-order valence-corrected chi connectivity index (χ3v) is 9.74. The van der Waals surface area contributed by atoms with Crippen LogP contribution in [0.15, 0.2) is 45.6 Å². The molecule has 3 aromatic rings. The number of phenols is 1. The van der Waals surface area contributed by atoms with Crippen molar-refractivity contribution in [3.8, 4) is 5.75 Å². The van der Waals surface area contributed by atoms with Crippen molar-refractivity contribution in [1.29, 1.82) is 0 Å². The molecule has 1 aliphatic carbocycles. The fourth-order valence-electron chi connectivity index (χ4n) is 6.95. The summed E-state index contributed by atoms with van der Waals surface area (Å²) in [7, 11) is 3.75. The quantitative estimate of drug-likeness (QED) is 0.188. The molecule has 6 rings (SSSR count). The third-order valence-electron chi connectivity index (χ3n) is 9.74. The van der Waals surface area contributed by atoms with Crippen LogP contribution in [0.25, 0.3) is 11.0 Å². The normalized spacial score (nSPS) is 29.3. The van der Waals surface area contributed by atoms with E-state index in [4.69, 9.17) is 18.6 Å². The molecule has 45 heavy (non-hydrogen) atoms. The number of carbonyl (C=O) groups excluding carboxylic acids is 3. The molecule has 0 amide bonds. The number of hydrogen-bond donors (Lipinski definition) is 1. The van der Waals surface area contributed by atoms with E-state index in [-0.39, 0.29) is 56.3 Å². The second-order valence-corrected chi connectivity index (χ2v) is 12.9. The van der Waals surface area contributed by atoms with Crippen LogP contribution in [0, 0.1) is 6.92 Å². The lowest BCUT2D eigenvalue weighted by Gasteiger charge is -2.50. The van der Waals surface area contributed by atoms with E-state index < -0.39 is 47.0 Å². The molecule has 0 radical (unpaired) electrons. The molecule has 0 unspecified atom stereocenters. The van der Waals surface area contributed by atoms with Crippen LogP contribution in [0.1, 0.15) is 95.9 Å². The number of ether oxygens (including phenoxy) is 3. The summed E-state index contributed by atoms with van der Waals surface area (Å²) in [6.45, 7) is 10.4. The average molecular weight is 616 g/mol. The first-order valence-electron chi connectivity index (χ1n) is 15.0. The molecule has 1 N–H and O–H groups in total. The van der Waals surface area contributed by atoms with Gasteiger partial charge in [0.2, 0.25) is 5.78 Å².